The van der Waals surface area contributed by atoms with E-state index >= 15 is 0 Å². The molecule has 0 aromatic heterocycles. The summed E-state index contributed by atoms with van der Waals surface area (Å²) < 4.78 is 29.9. The second-order valence-electron chi connectivity index (χ2n) is 4.37. The maximum absolute atomic E-state index is 12.3. The minimum atomic E-state index is -2.51. The van der Waals surface area contributed by atoms with Crippen LogP contribution in [0.4, 0.5) is 8.78 Å². The molecule has 5 nitrogen and oxygen atoms in total. The second kappa shape index (κ2) is 7.60. The molecular formula is C11H20F2N2O3. The van der Waals surface area contributed by atoms with Gasteiger partial charge in [0.2, 0.25) is 5.91 Å². The van der Waals surface area contributed by atoms with Gasteiger partial charge >= 0.3 is 0 Å². The van der Waals surface area contributed by atoms with Crippen molar-refractivity contribution in [1.82, 2.24) is 9.80 Å². The second-order valence-corrected chi connectivity index (χ2v) is 4.37. The molecule has 0 aromatic rings. The Morgan fingerprint density at radius 1 is 1.61 bits per heavy atom. The van der Waals surface area contributed by atoms with Gasteiger partial charge in [0.05, 0.1) is 32.4 Å². The first-order valence-electron chi connectivity index (χ1n) is 6.03. The van der Waals surface area contributed by atoms with E-state index in [-0.39, 0.29) is 31.7 Å². The highest BCUT2D eigenvalue weighted by Crippen LogP contribution is 2.06. The lowest BCUT2D eigenvalue weighted by atomic mass is 10.3. The van der Waals surface area contributed by atoms with Crippen LogP contribution < -0.4 is 0 Å². The maximum atomic E-state index is 12.3. The van der Waals surface area contributed by atoms with Crippen molar-refractivity contribution in [2.45, 2.75) is 19.5 Å². The standard InChI is InChI=1S/C11H20F2N2O3/c1-9-6-15(3-5-18-9)11(17)8-14(2-4-16)7-10(12)13/h9-10,16H,2-8H2,1H3. The lowest BCUT2D eigenvalue weighted by Gasteiger charge is -2.32. The average Bonchev–Trinajstić information content (AvgIpc) is 2.28. The van der Waals surface area contributed by atoms with Gasteiger partial charge in [-0.15, -0.1) is 0 Å². The fraction of sp³-hybridized carbons (Fsp3) is 0.909. The minimum absolute atomic E-state index is 0.0240. The SMILES string of the molecule is CC1CN(C(=O)CN(CCO)CC(F)F)CCO1. The molecule has 0 spiro atoms. The summed E-state index contributed by atoms with van der Waals surface area (Å²) in [7, 11) is 0. The highest BCUT2D eigenvalue weighted by atomic mass is 19.3. The van der Waals surface area contributed by atoms with Crippen LogP contribution in [0.25, 0.3) is 0 Å². The number of amides is 1. The number of nitrogens with zero attached hydrogens (tertiary/aromatic N) is 2. The van der Waals surface area contributed by atoms with Crippen LogP contribution >= 0.6 is 0 Å². The van der Waals surface area contributed by atoms with E-state index in [0.29, 0.717) is 19.7 Å². The van der Waals surface area contributed by atoms with Crippen LogP contribution in [-0.2, 0) is 9.53 Å². The predicted molar refractivity (Wildman–Crippen MR) is 61.5 cm³/mol. The van der Waals surface area contributed by atoms with E-state index in [1.807, 2.05) is 6.92 Å². The van der Waals surface area contributed by atoms with Gasteiger partial charge < -0.3 is 14.7 Å². The zero-order valence-electron chi connectivity index (χ0n) is 10.5. The third-order valence-electron chi connectivity index (χ3n) is 2.77. The van der Waals surface area contributed by atoms with Crippen molar-refractivity contribution in [3.8, 4) is 0 Å². The zero-order chi connectivity index (χ0) is 13.5. The fourth-order valence-corrected chi connectivity index (χ4v) is 1.91. The van der Waals surface area contributed by atoms with Crippen molar-refractivity contribution in [3.63, 3.8) is 0 Å². The number of hydrogen-bond donors (Lipinski definition) is 1. The van der Waals surface area contributed by atoms with Gasteiger partial charge in [-0.1, -0.05) is 0 Å². The molecule has 1 aliphatic heterocycles. The largest absolute Gasteiger partial charge is 0.395 e. The number of alkyl halides is 2. The number of rotatable bonds is 6. The van der Waals surface area contributed by atoms with Gasteiger partial charge in [0.1, 0.15) is 0 Å². The Morgan fingerprint density at radius 2 is 2.33 bits per heavy atom. The van der Waals surface area contributed by atoms with Crippen LogP contribution in [-0.4, -0.2) is 79.3 Å². The van der Waals surface area contributed by atoms with Crippen molar-refractivity contribution < 1.29 is 23.4 Å². The molecule has 1 saturated heterocycles. The Bertz CT molecular complexity index is 267. The van der Waals surface area contributed by atoms with Crippen molar-refractivity contribution in [2.75, 3.05) is 45.9 Å². The molecule has 1 aliphatic rings. The van der Waals surface area contributed by atoms with Crippen LogP contribution in [0.5, 0.6) is 0 Å². The van der Waals surface area contributed by atoms with E-state index in [0.717, 1.165) is 0 Å². The normalized spacial score (nSPS) is 20.8. The van der Waals surface area contributed by atoms with Gasteiger partial charge in [0.15, 0.2) is 0 Å². The molecule has 1 atom stereocenters. The molecule has 1 heterocycles. The van der Waals surface area contributed by atoms with Crippen molar-refractivity contribution in [2.24, 2.45) is 0 Å². The summed E-state index contributed by atoms with van der Waals surface area (Å²) in [6.07, 6.45) is -2.53. The first kappa shape index (κ1) is 15.3. The van der Waals surface area contributed by atoms with E-state index in [9.17, 15) is 13.6 Å². The highest BCUT2D eigenvalue weighted by molar-refractivity contribution is 5.78. The summed E-state index contributed by atoms with van der Waals surface area (Å²) in [6, 6.07) is 0. The predicted octanol–water partition coefficient (Wildman–Crippen LogP) is -0.207. The number of aliphatic hydroxyl groups is 1. The number of halogens is 2. The lowest BCUT2D eigenvalue weighted by Crippen LogP contribution is -2.49. The summed E-state index contributed by atoms with van der Waals surface area (Å²) in [4.78, 5) is 14.8. The van der Waals surface area contributed by atoms with Gasteiger partial charge in [-0.3, -0.25) is 9.69 Å². The molecule has 1 rings (SSSR count). The van der Waals surface area contributed by atoms with E-state index in [1.54, 1.807) is 4.90 Å². The molecule has 18 heavy (non-hydrogen) atoms. The molecule has 0 aromatic carbocycles. The molecule has 106 valence electrons. The van der Waals surface area contributed by atoms with Gasteiger partial charge in [0.25, 0.3) is 6.43 Å². The molecule has 0 bridgehead atoms. The Hall–Kier alpha value is -0.790. The van der Waals surface area contributed by atoms with Crippen LogP contribution in [0.15, 0.2) is 0 Å². The van der Waals surface area contributed by atoms with Gasteiger partial charge in [-0.25, -0.2) is 8.78 Å². The number of morpholine rings is 1. The number of ether oxygens (including phenoxy) is 1. The summed E-state index contributed by atoms with van der Waals surface area (Å²) in [5.74, 6) is -0.195. The first-order valence-corrected chi connectivity index (χ1v) is 6.03. The van der Waals surface area contributed by atoms with Crippen LogP contribution in [0.2, 0.25) is 0 Å². The summed E-state index contributed by atoms with van der Waals surface area (Å²) in [5.41, 5.74) is 0. The topological polar surface area (TPSA) is 53.0 Å². The van der Waals surface area contributed by atoms with Crippen molar-refractivity contribution in [3.05, 3.63) is 0 Å². The smallest absolute Gasteiger partial charge is 0.251 e. The van der Waals surface area contributed by atoms with Crippen molar-refractivity contribution in [1.29, 1.82) is 0 Å². The summed E-state index contributed by atoms with van der Waals surface area (Å²) >= 11 is 0. The summed E-state index contributed by atoms with van der Waals surface area (Å²) in [6.45, 7) is 2.58. The van der Waals surface area contributed by atoms with E-state index in [2.05, 4.69) is 0 Å². The zero-order valence-corrected chi connectivity index (χ0v) is 10.5. The molecule has 1 fully saturated rings. The molecule has 1 unspecified atom stereocenters. The van der Waals surface area contributed by atoms with Gasteiger partial charge in [-0.2, -0.15) is 0 Å². The monoisotopic (exact) mass is 266 g/mol. The molecule has 0 aliphatic carbocycles. The maximum Gasteiger partial charge on any atom is 0.251 e. The van der Waals surface area contributed by atoms with Crippen molar-refractivity contribution >= 4 is 5.91 Å². The molecule has 7 heteroatoms. The average molecular weight is 266 g/mol. The Labute approximate surface area is 105 Å². The minimum Gasteiger partial charge on any atom is -0.395 e. The lowest BCUT2D eigenvalue weighted by molar-refractivity contribution is -0.139. The number of carbonyl (C=O) groups is 1. The summed E-state index contributed by atoms with van der Waals surface area (Å²) in [5, 5.41) is 8.78. The van der Waals surface area contributed by atoms with Crippen LogP contribution in [0.3, 0.4) is 0 Å². The van der Waals surface area contributed by atoms with Gasteiger partial charge in [-0.05, 0) is 6.92 Å². The van der Waals surface area contributed by atoms with E-state index in [4.69, 9.17) is 9.84 Å². The molecule has 1 N–H and O–H groups in total. The molecule has 1 amide bonds. The number of hydrogen-bond acceptors (Lipinski definition) is 4. The number of aliphatic hydroxyl groups excluding tert-OH is 1. The Morgan fingerprint density at radius 3 is 2.89 bits per heavy atom. The third kappa shape index (κ3) is 5.24. The quantitative estimate of drug-likeness (QED) is 0.723. The Balaban J connectivity index is 2.44. The van der Waals surface area contributed by atoms with E-state index in [1.165, 1.54) is 4.90 Å². The highest BCUT2D eigenvalue weighted by Gasteiger charge is 2.23. The van der Waals surface area contributed by atoms with Crippen LogP contribution in [0.1, 0.15) is 6.92 Å². The molecule has 0 saturated carbocycles. The molecular weight excluding hydrogens is 246 g/mol. The third-order valence-corrected chi connectivity index (χ3v) is 2.77. The first-order chi connectivity index (χ1) is 8.52. The fourth-order valence-electron chi connectivity index (χ4n) is 1.91. The molecule has 0 radical (unpaired) electrons. The Kier molecular flexibility index (Phi) is 6.45. The van der Waals surface area contributed by atoms with Crippen LogP contribution in [0, 0.1) is 0 Å². The van der Waals surface area contributed by atoms with Gasteiger partial charge in [0, 0.05) is 19.6 Å². The van der Waals surface area contributed by atoms with E-state index < -0.39 is 13.0 Å². The number of carbonyl (C=O) groups excluding carboxylic acids is 1.